The van der Waals surface area contributed by atoms with E-state index in [0.717, 1.165) is 23.9 Å². The molecule has 2 aliphatic heterocycles. The fourth-order valence-corrected chi connectivity index (χ4v) is 5.12. The number of nitrogens with zero attached hydrogens (tertiary/aromatic N) is 2. The number of benzene rings is 2. The van der Waals surface area contributed by atoms with Gasteiger partial charge in [0.1, 0.15) is 16.7 Å². The van der Waals surface area contributed by atoms with Crippen molar-refractivity contribution in [3.8, 4) is 5.75 Å². The molecule has 10 heteroatoms. The summed E-state index contributed by atoms with van der Waals surface area (Å²) in [4.78, 5) is 25.6. The van der Waals surface area contributed by atoms with E-state index >= 15 is 0 Å². The quantitative estimate of drug-likeness (QED) is 0.206. The van der Waals surface area contributed by atoms with Gasteiger partial charge in [0.25, 0.3) is 11.6 Å². The second-order valence-corrected chi connectivity index (χ2v) is 9.92. The van der Waals surface area contributed by atoms with Gasteiger partial charge in [-0.15, -0.1) is 0 Å². The van der Waals surface area contributed by atoms with Crippen LogP contribution in [0.5, 0.6) is 5.75 Å². The van der Waals surface area contributed by atoms with Gasteiger partial charge in [0, 0.05) is 28.8 Å². The van der Waals surface area contributed by atoms with E-state index in [1.54, 1.807) is 29.2 Å². The summed E-state index contributed by atoms with van der Waals surface area (Å²) in [7, 11) is 0. The van der Waals surface area contributed by atoms with Crippen LogP contribution in [0.4, 0.5) is 5.69 Å². The van der Waals surface area contributed by atoms with Crippen LogP contribution >= 0.6 is 39.9 Å². The fraction of sp³-hybridized carbons (Fsp3) is 0.273. The number of halogens is 1. The zero-order chi connectivity index (χ0) is 22.7. The number of hydrogen-bond donors (Lipinski definition) is 0. The SMILES string of the molecule is O=C1/C(=C/c2cc(Br)ccc2OCc2cccc([N+](=O)[O-])c2)SC(=S)N1C[C@H]1CCCO1. The third-order valence-corrected chi connectivity index (χ3v) is 6.93. The van der Waals surface area contributed by atoms with E-state index in [9.17, 15) is 14.9 Å². The maximum absolute atomic E-state index is 13.0. The van der Waals surface area contributed by atoms with Crippen molar-refractivity contribution in [1.82, 2.24) is 4.90 Å². The third-order valence-electron chi connectivity index (χ3n) is 5.06. The van der Waals surface area contributed by atoms with Gasteiger partial charge in [0.05, 0.1) is 22.5 Å². The van der Waals surface area contributed by atoms with E-state index in [1.165, 1.54) is 23.9 Å². The summed E-state index contributed by atoms with van der Waals surface area (Å²) in [5.41, 5.74) is 1.40. The maximum atomic E-state index is 13.0. The van der Waals surface area contributed by atoms with Gasteiger partial charge >= 0.3 is 0 Å². The minimum absolute atomic E-state index is 0.0112. The lowest BCUT2D eigenvalue weighted by Crippen LogP contribution is -2.35. The average molecular weight is 535 g/mol. The largest absolute Gasteiger partial charge is 0.488 e. The first-order valence-electron chi connectivity index (χ1n) is 9.93. The molecule has 4 rings (SSSR count). The highest BCUT2D eigenvalue weighted by Gasteiger charge is 2.34. The Morgan fingerprint density at radius 1 is 1.34 bits per heavy atom. The molecule has 2 aromatic carbocycles. The van der Waals surface area contributed by atoms with E-state index in [2.05, 4.69) is 15.9 Å². The Labute approximate surface area is 203 Å². The van der Waals surface area contributed by atoms with Crippen LogP contribution in [0.15, 0.2) is 51.8 Å². The number of carbonyl (C=O) groups is 1. The predicted octanol–water partition coefficient (Wildman–Crippen LogP) is 5.32. The lowest BCUT2D eigenvalue weighted by Gasteiger charge is -2.18. The van der Waals surface area contributed by atoms with E-state index < -0.39 is 4.92 Å². The molecular weight excluding hydrogens is 516 g/mol. The Bertz CT molecular complexity index is 1100. The van der Waals surface area contributed by atoms with Crippen LogP contribution in [-0.4, -0.2) is 39.3 Å². The molecule has 2 heterocycles. The molecule has 1 amide bonds. The molecule has 2 aliphatic rings. The van der Waals surface area contributed by atoms with Gasteiger partial charge in [-0.1, -0.05) is 52.0 Å². The highest BCUT2D eigenvalue weighted by molar-refractivity contribution is 9.10. The summed E-state index contributed by atoms with van der Waals surface area (Å²) >= 11 is 10.2. The Hall–Kier alpha value is -2.27. The summed E-state index contributed by atoms with van der Waals surface area (Å²) < 4.78 is 12.9. The highest BCUT2D eigenvalue weighted by atomic mass is 79.9. The van der Waals surface area contributed by atoms with Gasteiger partial charge in [0.2, 0.25) is 0 Å². The minimum Gasteiger partial charge on any atom is -0.488 e. The smallest absolute Gasteiger partial charge is 0.269 e. The number of carbonyl (C=O) groups excluding carboxylic acids is 1. The summed E-state index contributed by atoms with van der Waals surface area (Å²) in [6.07, 6.45) is 3.72. The molecule has 2 aromatic rings. The molecule has 0 N–H and O–H groups in total. The maximum Gasteiger partial charge on any atom is 0.269 e. The summed E-state index contributed by atoms with van der Waals surface area (Å²) in [6, 6.07) is 11.8. The van der Waals surface area contributed by atoms with E-state index in [4.69, 9.17) is 21.7 Å². The zero-order valence-electron chi connectivity index (χ0n) is 16.9. The van der Waals surface area contributed by atoms with Gasteiger partial charge in [-0.25, -0.2) is 0 Å². The normalized spacial score (nSPS) is 19.7. The van der Waals surface area contributed by atoms with Gasteiger partial charge in [0.15, 0.2) is 0 Å². The Kier molecular flexibility index (Phi) is 7.24. The van der Waals surface area contributed by atoms with E-state index in [-0.39, 0.29) is 24.3 Å². The number of thioether (sulfide) groups is 1. The number of thiocarbonyl (C=S) groups is 1. The first-order chi connectivity index (χ1) is 15.4. The Morgan fingerprint density at radius 2 is 2.19 bits per heavy atom. The number of nitro groups is 1. The van der Waals surface area contributed by atoms with Crippen molar-refractivity contribution >= 4 is 61.9 Å². The number of non-ortho nitro benzene ring substituents is 1. The molecule has 32 heavy (non-hydrogen) atoms. The minimum atomic E-state index is -0.437. The first-order valence-corrected chi connectivity index (χ1v) is 11.9. The lowest BCUT2D eigenvalue weighted by atomic mass is 10.1. The molecular formula is C22H19BrN2O5S2. The Balaban J connectivity index is 1.52. The summed E-state index contributed by atoms with van der Waals surface area (Å²) in [5.74, 6) is 0.421. The second kappa shape index (κ2) is 10.1. The second-order valence-electron chi connectivity index (χ2n) is 7.33. The molecule has 0 spiro atoms. The molecule has 0 unspecified atom stereocenters. The first kappa shape index (κ1) is 22.9. The highest BCUT2D eigenvalue weighted by Crippen LogP contribution is 2.36. The lowest BCUT2D eigenvalue weighted by molar-refractivity contribution is -0.384. The van der Waals surface area contributed by atoms with E-state index in [0.29, 0.717) is 32.6 Å². The Morgan fingerprint density at radius 3 is 2.94 bits per heavy atom. The monoisotopic (exact) mass is 534 g/mol. The van der Waals surface area contributed by atoms with Gasteiger partial charge < -0.3 is 9.47 Å². The molecule has 7 nitrogen and oxygen atoms in total. The number of amides is 1. The van der Waals surface area contributed by atoms with Crippen molar-refractivity contribution in [3.63, 3.8) is 0 Å². The van der Waals surface area contributed by atoms with Crippen molar-refractivity contribution in [2.75, 3.05) is 13.2 Å². The van der Waals surface area contributed by atoms with Gasteiger partial charge in [-0.2, -0.15) is 0 Å². The number of ether oxygens (including phenoxy) is 2. The topological polar surface area (TPSA) is 81.9 Å². The van der Waals surface area contributed by atoms with Crippen LogP contribution in [0, 0.1) is 10.1 Å². The molecule has 0 aromatic heterocycles. The van der Waals surface area contributed by atoms with Crippen LogP contribution in [0.25, 0.3) is 6.08 Å². The third kappa shape index (κ3) is 5.37. The molecule has 166 valence electrons. The van der Waals surface area contributed by atoms with E-state index in [1.807, 2.05) is 12.1 Å². The van der Waals surface area contributed by atoms with Crippen LogP contribution in [0.1, 0.15) is 24.0 Å². The van der Waals surface area contributed by atoms with Crippen molar-refractivity contribution in [2.45, 2.75) is 25.6 Å². The standard InChI is InChI=1S/C22H19BrN2O5S2/c23-16-6-7-19(30-13-14-3-1-4-17(9-14)25(27)28)15(10-16)11-20-21(26)24(22(31)32-20)12-18-5-2-8-29-18/h1,3-4,6-7,9-11,18H,2,5,8,12-13H2/b20-11-/t18-/m1/s1. The van der Waals surface area contributed by atoms with Crippen LogP contribution in [0.2, 0.25) is 0 Å². The van der Waals surface area contributed by atoms with Crippen molar-refractivity contribution in [3.05, 3.63) is 73.1 Å². The van der Waals surface area contributed by atoms with Crippen molar-refractivity contribution in [1.29, 1.82) is 0 Å². The number of nitro benzene ring substituents is 1. The van der Waals surface area contributed by atoms with Crippen molar-refractivity contribution < 1.29 is 19.2 Å². The number of rotatable bonds is 7. The van der Waals surface area contributed by atoms with Gasteiger partial charge in [-0.05, 0) is 42.7 Å². The average Bonchev–Trinajstić information content (AvgIpc) is 3.37. The number of hydrogen-bond acceptors (Lipinski definition) is 7. The van der Waals surface area contributed by atoms with Crippen molar-refractivity contribution in [2.24, 2.45) is 0 Å². The zero-order valence-corrected chi connectivity index (χ0v) is 20.1. The molecule has 0 radical (unpaired) electrons. The molecule has 0 saturated carbocycles. The molecule has 1 atom stereocenters. The summed E-state index contributed by atoms with van der Waals surface area (Å²) in [6.45, 7) is 1.35. The van der Waals surface area contributed by atoms with Gasteiger partial charge in [-0.3, -0.25) is 19.8 Å². The van der Waals surface area contributed by atoms with Crippen LogP contribution < -0.4 is 4.74 Å². The van der Waals surface area contributed by atoms with Crippen LogP contribution in [0.3, 0.4) is 0 Å². The summed E-state index contributed by atoms with van der Waals surface area (Å²) in [5, 5.41) is 11.0. The fourth-order valence-electron chi connectivity index (χ4n) is 3.48. The molecule has 0 bridgehead atoms. The molecule has 2 saturated heterocycles. The molecule has 2 fully saturated rings. The predicted molar refractivity (Wildman–Crippen MR) is 130 cm³/mol. The van der Waals surface area contributed by atoms with Crippen LogP contribution in [-0.2, 0) is 16.1 Å². The molecule has 0 aliphatic carbocycles.